The second kappa shape index (κ2) is 5.10. The zero-order chi connectivity index (χ0) is 12.4. The molecule has 1 N–H and O–H groups in total. The largest absolute Gasteiger partial charge is 0.392 e. The van der Waals surface area contributed by atoms with Crippen LogP contribution in [0.2, 0.25) is 0 Å². The van der Waals surface area contributed by atoms with Crippen LogP contribution in [-0.4, -0.2) is 23.9 Å². The van der Waals surface area contributed by atoms with Gasteiger partial charge in [-0.05, 0) is 25.0 Å². The van der Waals surface area contributed by atoms with Crippen molar-refractivity contribution < 1.29 is 18.6 Å². The van der Waals surface area contributed by atoms with Gasteiger partial charge in [0.15, 0.2) is 0 Å². The van der Waals surface area contributed by atoms with E-state index in [1.807, 2.05) is 6.92 Å². The SMILES string of the molecule is CC1CC(C(O)Cc2ccc(F)cc2F)CO1. The molecule has 1 aromatic carbocycles. The second-order valence-electron chi connectivity index (χ2n) is 4.65. The van der Waals surface area contributed by atoms with Crippen LogP contribution >= 0.6 is 0 Å². The molecule has 1 heterocycles. The Morgan fingerprint density at radius 1 is 1.47 bits per heavy atom. The number of ether oxygens (including phenoxy) is 1. The topological polar surface area (TPSA) is 29.5 Å². The number of benzene rings is 1. The van der Waals surface area contributed by atoms with Gasteiger partial charge in [0, 0.05) is 18.4 Å². The molecule has 94 valence electrons. The molecule has 0 aromatic heterocycles. The average Bonchev–Trinajstić information content (AvgIpc) is 2.69. The minimum atomic E-state index is -0.639. The molecule has 1 aliphatic heterocycles. The van der Waals surface area contributed by atoms with E-state index in [9.17, 15) is 13.9 Å². The number of hydrogen-bond acceptors (Lipinski definition) is 2. The fraction of sp³-hybridized carbons (Fsp3) is 0.538. The number of halogens is 2. The molecule has 2 rings (SSSR count). The van der Waals surface area contributed by atoms with E-state index in [1.165, 1.54) is 12.1 Å². The summed E-state index contributed by atoms with van der Waals surface area (Å²) in [5, 5.41) is 9.97. The van der Waals surface area contributed by atoms with E-state index in [0.29, 0.717) is 12.2 Å². The van der Waals surface area contributed by atoms with E-state index in [1.54, 1.807) is 0 Å². The molecule has 2 nitrogen and oxygen atoms in total. The van der Waals surface area contributed by atoms with Gasteiger partial charge in [-0.2, -0.15) is 0 Å². The number of rotatable bonds is 3. The normalized spacial score (nSPS) is 26.1. The van der Waals surface area contributed by atoms with E-state index in [4.69, 9.17) is 4.74 Å². The van der Waals surface area contributed by atoms with Crippen molar-refractivity contribution >= 4 is 0 Å². The minimum absolute atomic E-state index is 0.0365. The third-order valence-electron chi connectivity index (χ3n) is 3.22. The first-order valence-electron chi connectivity index (χ1n) is 5.80. The fourth-order valence-electron chi connectivity index (χ4n) is 2.20. The van der Waals surface area contributed by atoms with Gasteiger partial charge in [-0.3, -0.25) is 0 Å². The molecule has 0 radical (unpaired) electrons. The summed E-state index contributed by atoms with van der Waals surface area (Å²) in [6.45, 7) is 2.45. The standard InChI is InChI=1S/C13H16F2O2/c1-8-4-10(7-17-8)13(16)5-9-2-3-11(14)6-12(9)15/h2-3,6,8,10,13,16H,4-5,7H2,1H3. The summed E-state index contributed by atoms with van der Waals surface area (Å²) >= 11 is 0. The molecule has 3 unspecified atom stereocenters. The molecule has 0 amide bonds. The highest BCUT2D eigenvalue weighted by Crippen LogP contribution is 2.25. The van der Waals surface area contributed by atoms with E-state index < -0.39 is 17.7 Å². The molecule has 1 saturated heterocycles. The maximum atomic E-state index is 13.4. The molecule has 1 fully saturated rings. The molecule has 3 atom stereocenters. The summed E-state index contributed by atoms with van der Waals surface area (Å²) in [6.07, 6.45) is 0.490. The van der Waals surface area contributed by atoms with Crippen LogP contribution in [0.15, 0.2) is 18.2 Å². The third-order valence-corrected chi connectivity index (χ3v) is 3.22. The van der Waals surface area contributed by atoms with Gasteiger partial charge in [0.25, 0.3) is 0 Å². The van der Waals surface area contributed by atoms with Crippen LogP contribution in [0.5, 0.6) is 0 Å². The van der Waals surface area contributed by atoms with E-state index in [-0.39, 0.29) is 18.4 Å². The van der Waals surface area contributed by atoms with Crippen LogP contribution in [0, 0.1) is 17.6 Å². The van der Waals surface area contributed by atoms with Gasteiger partial charge >= 0.3 is 0 Å². The maximum Gasteiger partial charge on any atom is 0.129 e. The van der Waals surface area contributed by atoms with Gasteiger partial charge in [0.1, 0.15) is 11.6 Å². The van der Waals surface area contributed by atoms with Gasteiger partial charge < -0.3 is 9.84 Å². The quantitative estimate of drug-likeness (QED) is 0.881. The Labute approximate surface area is 99.2 Å². The Hall–Kier alpha value is -1.00. The van der Waals surface area contributed by atoms with Crippen LogP contribution < -0.4 is 0 Å². The first kappa shape index (κ1) is 12.5. The van der Waals surface area contributed by atoms with Crippen LogP contribution in [0.3, 0.4) is 0 Å². The summed E-state index contributed by atoms with van der Waals surface area (Å²) in [7, 11) is 0. The molecule has 0 spiro atoms. The Morgan fingerprint density at radius 3 is 2.82 bits per heavy atom. The van der Waals surface area contributed by atoms with Crippen molar-refractivity contribution in [2.45, 2.75) is 32.0 Å². The van der Waals surface area contributed by atoms with Crippen molar-refractivity contribution in [1.29, 1.82) is 0 Å². The monoisotopic (exact) mass is 242 g/mol. The number of hydrogen-bond donors (Lipinski definition) is 1. The van der Waals surface area contributed by atoms with Gasteiger partial charge in [0.05, 0.1) is 18.8 Å². The molecule has 1 aromatic rings. The highest BCUT2D eigenvalue weighted by atomic mass is 19.1. The number of aliphatic hydroxyl groups is 1. The van der Waals surface area contributed by atoms with Crippen LogP contribution in [0.25, 0.3) is 0 Å². The molecule has 0 bridgehead atoms. The van der Waals surface area contributed by atoms with Crippen molar-refractivity contribution in [3.63, 3.8) is 0 Å². The summed E-state index contributed by atoms with van der Waals surface area (Å²) in [4.78, 5) is 0. The van der Waals surface area contributed by atoms with E-state index in [0.717, 1.165) is 12.5 Å². The Morgan fingerprint density at radius 2 is 2.24 bits per heavy atom. The van der Waals surface area contributed by atoms with Crippen LogP contribution in [0.4, 0.5) is 8.78 Å². The average molecular weight is 242 g/mol. The van der Waals surface area contributed by atoms with Gasteiger partial charge in [-0.1, -0.05) is 6.07 Å². The minimum Gasteiger partial charge on any atom is -0.392 e. The Kier molecular flexibility index (Phi) is 3.74. The first-order chi connectivity index (χ1) is 8.06. The zero-order valence-electron chi connectivity index (χ0n) is 9.70. The summed E-state index contributed by atoms with van der Waals surface area (Å²) in [6, 6.07) is 3.43. The van der Waals surface area contributed by atoms with Crippen LogP contribution in [-0.2, 0) is 11.2 Å². The molecule has 1 aliphatic rings. The highest BCUT2D eigenvalue weighted by Gasteiger charge is 2.28. The molecular weight excluding hydrogens is 226 g/mol. The molecule has 17 heavy (non-hydrogen) atoms. The molecule has 0 aliphatic carbocycles. The van der Waals surface area contributed by atoms with Crippen molar-refractivity contribution in [2.24, 2.45) is 5.92 Å². The highest BCUT2D eigenvalue weighted by molar-refractivity contribution is 5.19. The van der Waals surface area contributed by atoms with Gasteiger partial charge in [-0.25, -0.2) is 8.78 Å². The van der Waals surface area contributed by atoms with Gasteiger partial charge in [0.2, 0.25) is 0 Å². The van der Waals surface area contributed by atoms with E-state index in [2.05, 4.69) is 0 Å². The van der Waals surface area contributed by atoms with Crippen molar-refractivity contribution in [3.05, 3.63) is 35.4 Å². The predicted molar refractivity (Wildman–Crippen MR) is 59.6 cm³/mol. The smallest absolute Gasteiger partial charge is 0.129 e. The summed E-state index contributed by atoms with van der Waals surface area (Å²) < 4.78 is 31.5. The van der Waals surface area contributed by atoms with Crippen molar-refractivity contribution in [3.8, 4) is 0 Å². The maximum absolute atomic E-state index is 13.4. The molecule has 0 saturated carbocycles. The second-order valence-corrected chi connectivity index (χ2v) is 4.65. The Balaban J connectivity index is 2.00. The van der Waals surface area contributed by atoms with Crippen molar-refractivity contribution in [1.82, 2.24) is 0 Å². The summed E-state index contributed by atoms with van der Waals surface area (Å²) in [5.41, 5.74) is 0.346. The predicted octanol–water partition coefficient (Wildman–Crippen LogP) is 2.29. The molecular formula is C13H16F2O2. The number of aliphatic hydroxyl groups excluding tert-OH is 1. The first-order valence-corrected chi connectivity index (χ1v) is 5.80. The lowest BCUT2D eigenvalue weighted by Gasteiger charge is -2.16. The zero-order valence-corrected chi connectivity index (χ0v) is 9.70. The lowest BCUT2D eigenvalue weighted by Crippen LogP contribution is -2.23. The lowest BCUT2D eigenvalue weighted by atomic mass is 9.94. The fourth-order valence-corrected chi connectivity index (χ4v) is 2.20. The Bertz CT molecular complexity index is 395. The third kappa shape index (κ3) is 3.01. The van der Waals surface area contributed by atoms with Crippen molar-refractivity contribution in [2.75, 3.05) is 6.61 Å². The summed E-state index contributed by atoms with van der Waals surface area (Å²) in [5.74, 6) is -1.16. The van der Waals surface area contributed by atoms with Crippen LogP contribution in [0.1, 0.15) is 18.9 Å². The van der Waals surface area contributed by atoms with Gasteiger partial charge in [-0.15, -0.1) is 0 Å². The molecule has 4 heteroatoms. The van der Waals surface area contributed by atoms with E-state index >= 15 is 0 Å². The lowest BCUT2D eigenvalue weighted by molar-refractivity contribution is 0.0802.